The Hall–Kier alpha value is -2.70. The zero-order valence-corrected chi connectivity index (χ0v) is 14.8. The van der Waals surface area contributed by atoms with Crippen molar-refractivity contribution in [2.75, 3.05) is 38.2 Å². The van der Waals surface area contributed by atoms with Crippen molar-refractivity contribution in [3.63, 3.8) is 0 Å². The van der Waals surface area contributed by atoms with Crippen LogP contribution in [-0.2, 0) is 6.54 Å². The first-order valence-electron chi connectivity index (χ1n) is 8.57. The molecule has 1 saturated heterocycles. The van der Waals surface area contributed by atoms with E-state index in [9.17, 15) is 4.79 Å². The lowest BCUT2D eigenvalue weighted by atomic mass is 10.2. The van der Waals surface area contributed by atoms with Gasteiger partial charge < -0.3 is 19.9 Å². The van der Waals surface area contributed by atoms with Crippen LogP contribution in [0.2, 0.25) is 0 Å². The molecule has 1 aliphatic rings. The van der Waals surface area contributed by atoms with Gasteiger partial charge in [-0.3, -0.25) is 4.68 Å². The lowest BCUT2D eigenvalue weighted by Crippen LogP contribution is -2.53. The van der Waals surface area contributed by atoms with Gasteiger partial charge in [-0.2, -0.15) is 5.10 Å². The minimum absolute atomic E-state index is 0.00552. The van der Waals surface area contributed by atoms with E-state index in [2.05, 4.69) is 27.4 Å². The van der Waals surface area contributed by atoms with Crippen LogP contribution in [-0.4, -0.2) is 60.0 Å². The number of nitrogens with one attached hydrogen (secondary N) is 1. The van der Waals surface area contributed by atoms with Crippen molar-refractivity contribution in [3.8, 4) is 5.75 Å². The molecule has 2 aromatic rings. The quantitative estimate of drug-likeness (QED) is 0.899. The van der Waals surface area contributed by atoms with Crippen LogP contribution >= 0.6 is 0 Å². The number of urea groups is 1. The smallest absolute Gasteiger partial charge is 0.317 e. The Bertz CT molecular complexity index is 663. The second kappa shape index (κ2) is 7.92. The van der Waals surface area contributed by atoms with E-state index in [1.807, 2.05) is 40.9 Å². The molecular formula is C18H25N5O2. The number of carbonyl (C=O) groups is 1. The SMILES string of the molecule is COc1ccc(N2CCN(C(=O)N[C@@H](C)Cn3cccn3)CC2)cc1. The van der Waals surface area contributed by atoms with Gasteiger partial charge in [0.1, 0.15) is 5.75 Å². The maximum absolute atomic E-state index is 12.4. The maximum atomic E-state index is 12.4. The number of rotatable bonds is 5. The third kappa shape index (κ3) is 4.43. The van der Waals surface area contributed by atoms with E-state index in [0.717, 1.165) is 24.5 Å². The minimum atomic E-state index is -0.00552. The lowest BCUT2D eigenvalue weighted by Gasteiger charge is -2.36. The van der Waals surface area contributed by atoms with E-state index in [1.54, 1.807) is 13.3 Å². The monoisotopic (exact) mass is 343 g/mol. The topological polar surface area (TPSA) is 62.6 Å². The summed E-state index contributed by atoms with van der Waals surface area (Å²) >= 11 is 0. The van der Waals surface area contributed by atoms with Crippen molar-refractivity contribution in [1.29, 1.82) is 0 Å². The van der Waals surface area contributed by atoms with Crippen LogP contribution < -0.4 is 15.0 Å². The normalized spacial score (nSPS) is 15.8. The van der Waals surface area contributed by atoms with Crippen LogP contribution in [0.1, 0.15) is 6.92 Å². The summed E-state index contributed by atoms with van der Waals surface area (Å²) < 4.78 is 7.02. The molecule has 0 bridgehead atoms. The average Bonchev–Trinajstić information content (AvgIpc) is 3.14. The number of methoxy groups -OCH3 is 1. The fourth-order valence-corrected chi connectivity index (χ4v) is 3.00. The Morgan fingerprint density at radius 3 is 2.56 bits per heavy atom. The first-order chi connectivity index (χ1) is 12.2. The maximum Gasteiger partial charge on any atom is 0.317 e. The Kier molecular flexibility index (Phi) is 5.42. The number of carbonyl (C=O) groups excluding carboxylic acids is 1. The average molecular weight is 343 g/mol. The third-order valence-corrected chi connectivity index (χ3v) is 4.39. The Balaban J connectivity index is 1.46. The summed E-state index contributed by atoms with van der Waals surface area (Å²) in [6.07, 6.45) is 3.64. The molecule has 1 N–H and O–H groups in total. The molecule has 1 aliphatic heterocycles. The number of nitrogens with zero attached hydrogens (tertiary/aromatic N) is 4. The van der Waals surface area contributed by atoms with Gasteiger partial charge in [-0.25, -0.2) is 4.79 Å². The zero-order chi connectivity index (χ0) is 17.6. The molecule has 134 valence electrons. The second-order valence-corrected chi connectivity index (χ2v) is 6.25. The summed E-state index contributed by atoms with van der Waals surface area (Å²) in [4.78, 5) is 16.6. The van der Waals surface area contributed by atoms with Crippen molar-refractivity contribution in [2.24, 2.45) is 0 Å². The molecule has 1 aromatic carbocycles. The molecular weight excluding hydrogens is 318 g/mol. The van der Waals surface area contributed by atoms with E-state index >= 15 is 0 Å². The van der Waals surface area contributed by atoms with E-state index in [4.69, 9.17) is 4.74 Å². The highest BCUT2D eigenvalue weighted by molar-refractivity contribution is 5.74. The summed E-state index contributed by atoms with van der Waals surface area (Å²) in [5.74, 6) is 0.855. The van der Waals surface area contributed by atoms with Crippen molar-refractivity contribution in [2.45, 2.75) is 19.5 Å². The van der Waals surface area contributed by atoms with Crippen LogP contribution in [0.15, 0.2) is 42.7 Å². The molecule has 0 spiro atoms. The van der Waals surface area contributed by atoms with Gasteiger partial charge in [-0.15, -0.1) is 0 Å². The van der Waals surface area contributed by atoms with Gasteiger partial charge in [0.2, 0.25) is 0 Å². The van der Waals surface area contributed by atoms with Gasteiger partial charge in [0.05, 0.1) is 13.7 Å². The molecule has 3 rings (SSSR count). The minimum Gasteiger partial charge on any atom is -0.497 e. The van der Waals surface area contributed by atoms with Crippen LogP contribution in [0.25, 0.3) is 0 Å². The molecule has 1 fully saturated rings. The first-order valence-corrected chi connectivity index (χ1v) is 8.57. The highest BCUT2D eigenvalue weighted by Crippen LogP contribution is 2.20. The van der Waals surface area contributed by atoms with E-state index in [0.29, 0.717) is 19.6 Å². The van der Waals surface area contributed by atoms with Gasteiger partial charge in [0, 0.05) is 50.3 Å². The second-order valence-electron chi connectivity index (χ2n) is 6.25. The number of hydrogen-bond donors (Lipinski definition) is 1. The Labute approximate surface area is 148 Å². The van der Waals surface area contributed by atoms with Crippen molar-refractivity contribution in [1.82, 2.24) is 20.0 Å². The molecule has 2 heterocycles. The molecule has 1 aromatic heterocycles. The largest absolute Gasteiger partial charge is 0.497 e. The van der Waals surface area contributed by atoms with Gasteiger partial charge in [-0.05, 0) is 37.3 Å². The molecule has 0 unspecified atom stereocenters. The van der Waals surface area contributed by atoms with Crippen molar-refractivity contribution >= 4 is 11.7 Å². The number of anilines is 1. The van der Waals surface area contributed by atoms with Crippen molar-refractivity contribution in [3.05, 3.63) is 42.7 Å². The Morgan fingerprint density at radius 1 is 1.24 bits per heavy atom. The summed E-state index contributed by atoms with van der Waals surface area (Å²) in [5.41, 5.74) is 1.16. The molecule has 0 radical (unpaired) electrons. The van der Waals surface area contributed by atoms with Gasteiger partial charge in [0.15, 0.2) is 0 Å². The van der Waals surface area contributed by atoms with Crippen LogP contribution in [0, 0.1) is 0 Å². The number of amides is 2. The highest BCUT2D eigenvalue weighted by atomic mass is 16.5. The van der Waals surface area contributed by atoms with Gasteiger partial charge in [0.25, 0.3) is 0 Å². The number of hydrogen-bond acceptors (Lipinski definition) is 4. The predicted octanol–water partition coefficient (Wildman–Crippen LogP) is 1.81. The molecule has 2 amide bonds. The number of ether oxygens (including phenoxy) is 1. The van der Waals surface area contributed by atoms with Gasteiger partial charge >= 0.3 is 6.03 Å². The summed E-state index contributed by atoms with van der Waals surface area (Å²) in [5, 5.41) is 7.22. The summed E-state index contributed by atoms with van der Waals surface area (Å²) in [7, 11) is 1.67. The summed E-state index contributed by atoms with van der Waals surface area (Å²) in [6, 6.07) is 9.95. The fourth-order valence-electron chi connectivity index (χ4n) is 3.00. The Morgan fingerprint density at radius 2 is 1.96 bits per heavy atom. The van der Waals surface area contributed by atoms with E-state index in [-0.39, 0.29) is 12.1 Å². The third-order valence-electron chi connectivity index (χ3n) is 4.39. The highest BCUT2D eigenvalue weighted by Gasteiger charge is 2.22. The molecule has 1 atom stereocenters. The summed E-state index contributed by atoms with van der Waals surface area (Å²) in [6.45, 7) is 5.75. The van der Waals surface area contributed by atoms with E-state index in [1.165, 1.54) is 0 Å². The van der Waals surface area contributed by atoms with Crippen LogP contribution in [0.3, 0.4) is 0 Å². The van der Waals surface area contributed by atoms with Crippen LogP contribution in [0.5, 0.6) is 5.75 Å². The molecule has 0 saturated carbocycles. The van der Waals surface area contributed by atoms with Crippen molar-refractivity contribution < 1.29 is 9.53 Å². The number of benzene rings is 1. The number of piperazine rings is 1. The van der Waals surface area contributed by atoms with E-state index < -0.39 is 0 Å². The molecule has 25 heavy (non-hydrogen) atoms. The first kappa shape index (κ1) is 17.1. The van der Waals surface area contributed by atoms with Crippen LogP contribution in [0.4, 0.5) is 10.5 Å². The fraction of sp³-hybridized carbons (Fsp3) is 0.444. The standard InChI is InChI=1S/C18H25N5O2/c1-15(14-23-9-3-8-19-23)20-18(24)22-12-10-21(11-13-22)16-4-6-17(25-2)7-5-16/h3-9,15H,10-14H2,1-2H3,(H,20,24)/t15-/m0/s1. The number of aromatic nitrogens is 2. The lowest BCUT2D eigenvalue weighted by molar-refractivity contribution is 0.189. The zero-order valence-electron chi connectivity index (χ0n) is 14.8. The van der Waals surface area contributed by atoms with Gasteiger partial charge in [-0.1, -0.05) is 0 Å². The molecule has 0 aliphatic carbocycles. The molecule has 7 nitrogen and oxygen atoms in total. The predicted molar refractivity (Wildman–Crippen MR) is 97.0 cm³/mol. The molecule has 7 heteroatoms.